The van der Waals surface area contributed by atoms with Gasteiger partial charge in [0.1, 0.15) is 5.75 Å². The molecular formula is C16H23N3O2S. The minimum absolute atomic E-state index is 0.644. The van der Waals surface area contributed by atoms with E-state index in [-0.39, 0.29) is 0 Å². The van der Waals surface area contributed by atoms with E-state index in [2.05, 4.69) is 17.0 Å². The zero-order valence-electron chi connectivity index (χ0n) is 13.4. The van der Waals surface area contributed by atoms with E-state index < -0.39 is 0 Å². The number of rotatable bonds is 9. The van der Waals surface area contributed by atoms with Crippen LogP contribution in [0.5, 0.6) is 5.75 Å². The summed E-state index contributed by atoms with van der Waals surface area (Å²) < 4.78 is 12.2. The second-order valence-electron chi connectivity index (χ2n) is 4.67. The molecule has 120 valence electrons. The molecule has 0 spiro atoms. The van der Waals surface area contributed by atoms with Crippen LogP contribution in [0.2, 0.25) is 0 Å². The number of nitrogens with zero attached hydrogens (tertiary/aromatic N) is 3. The van der Waals surface area contributed by atoms with Crippen molar-refractivity contribution in [2.75, 3.05) is 31.4 Å². The van der Waals surface area contributed by atoms with Gasteiger partial charge in [-0.25, -0.2) is 9.99 Å². The maximum absolute atomic E-state index is 5.55. The second kappa shape index (κ2) is 8.70. The highest BCUT2D eigenvalue weighted by Gasteiger charge is 2.11. The predicted octanol–water partition coefficient (Wildman–Crippen LogP) is 3.93. The lowest BCUT2D eigenvalue weighted by molar-refractivity contribution is 0.141. The van der Waals surface area contributed by atoms with Crippen LogP contribution in [-0.2, 0) is 4.74 Å². The highest BCUT2D eigenvalue weighted by molar-refractivity contribution is 7.22. The number of anilines is 1. The molecule has 1 aromatic carbocycles. The summed E-state index contributed by atoms with van der Waals surface area (Å²) in [5, 5.41) is 7.16. The van der Waals surface area contributed by atoms with Gasteiger partial charge in [-0.1, -0.05) is 18.3 Å². The number of benzene rings is 1. The Morgan fingerprint density at radius 1 is 1.32 bits per heavy atom. The van der Waals surface area contributed by atoms with E-state index in [4.69, 9.17) is 9.47 Å². The van der Waals surface area contributed by atoms with E-state index >= 15 is 0 Å². The molecule has 0 aliphatic carbocycles. The summed E-state index contributed by atoms with van der Waals surface area (Å²) in [5.74, 6) is 0.877. The Morgan fingerprint density at radius 3 is 2.91 bits per heavy atom. The first-order valence-electron chi connectivity index (χ1n) is 7.65. The number of hydrogen-bond acceptors (Lipinski definition) is 6. The molecule has 0 aliphatic heterocycles. The molecule has 0 atom stereocenters. The van der Waals surface area contributed by atoms with Gasteiger partial charge < -0.3 is 9.47 Å². The topological polar surface area (TPSA) is 47.0 Å². The smallest absolute Gasteiger partial charge is 0.207 e. The number of thiazole rings is 1. The third-order valence-electron chi connectivity index (χ3n) is 2.93. The minimum atomic E-state index is 0.644. The van der Waals surface area contributed by atoms with E-state index in [0.717, 1.165) is 34.1 Å². The standard InChI is InChI=1S/C16H23N3O2S/c1-4-10-20-11-9-19(17-5-2)16-18-14-8-7-13(21-6-3)12-15(14)22-16/h5,7-8,12H,4,6,9-11H2,1-3H3/b17-5+. The van der Waals surface area contributed by atoms with Gasteiger partial charge in [0.05, 0.1) is 30.0 Å². The van der Waals surface area contributed by atoms with Crippen LogP contribution in [0.3, 0.4) is 0 Å². The monoisotopic (exact) mass is 321 g/mol. The molecule has 0 saturated heterocycles. The normalized spacial score (nSPS) is 11.4. The molecule has 1 heterocycles. The summed E-state index contributed by atoms with van der Waals surface area (Å²) in [6, 6.07) is 5.97. The largest absolute Gasteiger partial charge is 0.494 e. The molecule has 0 bridgehead atoms. The Labute approximate surface area is 135 Å². The lowest BCUT2D eigenvalue weighted by atomic mass is 10.3. The van der Waals surface area contributed by atoms with E-state index in [9.17, 15) is 0 Å². The molecule has 0 unspecified atom stereocenters. The van der Waals surface area contributed by atoms with Crippen LogP contribution in [-0.4, -0.2) is 37.6 Å². The molecule has 6 heteroatoms. The summed E-state index contributed by atoms with van der Waals surface area (Å²) in [6.45, 7) is 8.77. The zero-order valence-corrected chi connectivity index (χ0v) is 14.2. The Hall–Kier alpha value is -1.66. The lowest BCUT2D eigenvalue weighted by Gasteiger charge is -2.15. The van der Waals surface area contributed by atoms with Gasteiger partial charge in [-0.05, 0) is 38.5 Å². The molecule has 0 amide bonds. The minimum Gasteiger partial charge on any atom is -0.494 e. The Bertz CT molecular complexity index is 612. The van der Waals surface area contributed by atoms with Crippen molar-refractivity contribution in [3.63, 3.8) is 0 Å². The van der Waals surface area contributed by atoms with E-state index in [0.29, 0.717) is 19.8 Å². The summed E-state index contributed by atoms with van der Waals surface area (Å²) >= 11 is 1.61. The van der Waals surface area contributed by atoms with Crippen LogP contribution in [0.1, 0.15) is 27.2 Å². The Balaban J connectivity index is 2.14. The van der Waals surface area contributed by atoms with Crippen molar-refractivity contribution in [1.82, 2.24) is 4.98 Å². The van der Waals surface area contributed by atoms with Crippen LogP contribution >= 0.6 is 11.3 Å². The highest BCUT2D eigenvalue weighted by Crippen LogP contribution is 2.31. The SMILES string of the molecule is C/C=N/N(CCOCCC)c1nc2ccc(OCC)cc2s1. The maximum atomic E-state index is 5.55. The van der Waals surface area contributed by atoms with Crippen LogP contribution < -0.4 is 9.75 Å². The first kappa shape index (κ1) is 16.7. The average molecular weight is 321 g/mol. The fourth-order valence-corrected chi connectivity index (χ4v) is 2.98. The summed E-state index contributed by atoms with van der Waals surface area (Å²) in [7, 11) is 0. The number of ether oxygens (including phenoxy) is 2. The predicted molar refractivity (Wildman–Crippen MR) is 93.4 cm³/mol. The molecule has 5 nitrogen and oxygen atoms in total. The molecular weight excluding hydrogens is 298 g/mol. The van der Waals surface area contributed by atoms with Gasteiger partial charge in [-0.3, -0.25) is 0 Å². The molecule has 2 rings (SSSR count). The maximum Gasteiger partial charge on any atom is 0.207 e. The van der Waals surface area contributed by atoms with E-state index in [1.807, 2.05) is 37.1 Å². The van der Waals surface area contributed by atoms with Gasteiger partial charge in [0, 0.05) is 12.8 Å². The molecule has 22 heavy (non-hydrogen) atoms. The Kier molecular flexibility index (Phi) is 6.61. The quantitative estimate of drug-likeness (QED) is 0.399. The highest BCUT2D eigenvalue weighted by atomic mass is 32.1. The third kappa shape index (κ3) is 4.42. The summed E-state index contributed by atoms with van der Waals surface area (Å²) in [6.07, 6.45) is 2.80. The zero-order chi connectivity index (χ0) is 15.8. The van der Waals surface area contributed by atoms with Gasteiger partial charge in [0.25, 0.3) is 0 Å². The fourth-order valence-electron chi connectivity index (χ4n) is 2.00. The molecule has 0 radical (unpaired) electrons. The second-order valence-corrected chi connectivity index (χ2v) is 5.68. The van der Waals surface area contributed by atoms with Crippen molar-refractivity contribution in [1.29, 1.82) is 0 Å². The van der Waals surface area contributed by atoms with Gasteiger partial charge >= 0.3 is 0 Å². The van der Waals surface area contributed by atoms with Crippen LogP contribution in [0.4, 0.5) is 5.13 Å². The van der Waals surface area contributed by atoms with Crippen molar-refractivity contribution >= 4 is 32.9 Å². The fraction of sp³-hybridized carbons (Fsp3) is 0.500. The summed E-state index contributed by atoms with van der Waals surface area (Å²) in [5.41, 5.74) is 0.967. The molecule has 0 fully saturated rings. The number of aromatic nitrogens is 1. The van der Waals surface area contributed by atoms with Gasteiger partial charge in [0.15, 0.2) is 0 Å². The van der Waals surface area contributed by atoms with Gasteiger partial charge in [0.2, 0.25) is 5.13 Å². The van der Waals surface area contributed by atoms with Crippen molar-refractivity contribution in [2.24, 2.45) is 5.10 Å². The molecule has 2 aromatic rings. The average Bonchev–Trinajstić information content (AvgIpc) is 2.94. The van der Waals surface area contributed by atoms with Crippen LogP contribution in [0.15, 0.2) is 23.3 Å². The number of hydrogen-bond donors (Lipinski definition) is 0. The van der Waals surface area contributed by atoms with Gasteiger partial charge in [-0.2, -0.15) is 5.10 Å². The van der Waals surface area contributed by atoms with Crippen molar-refractivity contribution < 1.29 is 9.47 Å². The molecule has 0 aliphatic rings. The third-order valence-corrected chi connectivity index (χ3v) is 3.96. The Morgan fingerprint density at radius 2 is 2.18 bits per heavy atom. The van der Waals surface area contributed by atoms with Gasteiger partial charge in [-0.15, -0.1) is 0 Å². The molecule has 1 aromatic heterocycles. The first-order chi connectivity index (χ1) is 10.8. The number of fused-ring (bicyclic) bond motifs is 1. The first-order valence-corrected chi connectivity index (χ1v) is 8.47. The summed E-state index contributed by atoms with van der Waals surface area (Å²) in [4.78, 5) is 4.65. The van der Waals surface area contributed by atoms with Crippen LogP contribution in [0, 0.1) is 0 Å². The number of hydrazone groups is 1. The molecule has 0 N–H and O–H groups in total. The van der Waals surface area contributed by atoms with E-state index in [1.54, 1.807) is 17.6 Å². The van der Waals surface area contributed by atoms with Crippen molar-refractivity contribution in [2.45, 2.75) is 27.2 Å². The van der Waals surface area contributed by atoms with Crippen molar-refractivity contribution in [3.8, 4) is 5.75 Å². The lowest BCUT2D eigenvalue weighted by Crippen LogP contribution is -2.21. The van der Waals surface area contributed by atoms with Crippen molar-refractivity contribution in [3.05, 3.63) is 18.2 Å². The van der Waals surface area contributed by atoms with Crippen LogP contribution in [0.25, 0.3) is 10.2 Å². The van der Waals surface area contributed by atoms with E-state index in [1.165, 1.54) is 0 Å². The molecule has 0 saturated carbocycles.